The van der Waals surface area contributed by atoms with Crippen molar-refractivity contribution in [3.8, 4) is 5.75 Å². The average molecular weight is 438 g/mol. The molecule has 2 aromatic rings. The second-order valence-corrected chi connectivity index (χ2v) is 6.51. The zero-order valence-corrected chi connectivity index (χ0v) is 16.4. The number of thiocarbonyl (C=S) groups is 1. The Morgan fingerprint density at radius 3 is 2.62 bits per heavy atom. The molecule has 2 aromatic carbocycles. The van der Waals surface area contributed by atoms with Crippen LogP contribution in [0.25, 0.3) is 0 Å². The summed E-state index contributed by atoms with van der Waals surface area (Å²) in [5.41, 5.74) is 1.61. The predicted molar refractivity (Wildman–Crippen MR) is 107 cm³/mol. The van der Waals surface area contributed by atoms with E-state index in [0.29, 0.717) is 33.6 Å². The van der Waals surface area contributed by atoms with Crippen molar-refractivity contribution in [3.05, 3.63) is 62.1 Å². The Labute approximate surface area is 164 Å². The zero-order chi connectivity index (χ0) is 19.3. The van der Waals surface area contributed by atoms with E-state index in [4.69, 9.17) is 17.0 Å². The number of amides is 1. The molecule has 0 unspecified atom stereocenters. The van der Waals surface area contributed by atoms with Crippen LogP contribution in [0.3, 0.4) is 0 Å². The number of anilines is 1. The molecule has 7 nitrogen and oxygen atoms in total. The number of benzene rings is 2. The van der Waals surface area contributed by atoms with E-state index in [1.165, 1.54) is 12.1 Å². The standard InChI is InChI=1S/C17H16BrN3O4S/c1-3-25-15-7-4-11(9-13(15)18)16(22)20-17(26)19-14-6-5-12(21(23)24)8-10(14)2/h4-9H,3H2,1-2H3,(H2,19,20,22,26). The number of hydrogen-bond donors (Lipinski definition) is 2. The van der Waals surface area contributed by atoms with Gasteiger partial charge >= 0.3 is 0 Å². The Hall–Kier alpha value is -2.52. The minimum absolute atomic E-state index is 0.0118. The number of aryl methyl sites for hydroxylation is 1. The molecule has 0 aliphatic carbocycles. The number of halogens is 1. The Bertz CT molecular complexity index is 873. The first-order chi connectivity index (χ1) is 12.3. The second kappa shape index (κ2) is 8.72. The Balaban J connectivity index is 2.04. The minimum Gasteiger partial charge on any atom is -0.493 e. The van der Waals surface area contributed by atoms with Crippen LogP contribution >= 0.6 is 28.1 Å². The molecule has 0 saturated heterocycles. The van der Waals surface area contributed by atoms with Crippen molar-refractivity contribution in [2.75, 3.05) is 11.9 Å². The van der Waals surface area contributed by atoms with Crippen molar-refractivity contribution in [1.29, 1.82) is 0 Å². The molecule has 26 heavy (non-hydrogen) atoms. The maximum Gasteiger partial charge on any atom is 0.269 e. The molecule has 0 atom stereocenters. The van der Waals surface area contributed by atoms with Crippen LogP contribution in [0.2, 0.25) is 0 Å². The summed E-state index contributed by atoms with van der Waals surface area (Å²) < 4.78 is 6.07. The van der Waals surface area contributed by atoms with Gasteiger partial charge < -0.3 is 10.1 Å². The molecule has 0 radical (unpaired) electrons. The number of nitro benzene ring substituents is 1. The summed E-state index contributed by atoms with van der Waals surface area (Å²) in [6.07, 6.45) is 0. The van der Waals surface area contributed by atoms with Crippen LogP contribution in [-0.4, -0.2) is 22.5 Å². The summed E-state index contributed by atoms with van der Waals surface area (Å²) >= 11 is 8.50. The van der Waals surface area contributed by atoms with E-state index in [2.05, 4.69) is 26.6 Å². The van der Waals surface area contributed by atoms with Crippen LogP contribution in [0, 0.1) is 17.0 Å². The van der Waals surface area contributed by atoms with Crippen molar-refractivity contribution in [1.82, 2.24) is 5.32 Å². The summed E-state index contributed by atoms with van der Waals surface area (Å²) in [5, 5.41) is 16.3. The Morgan fingerprint density at radius 2 is 2.04 bits per heavy atom. The third-order valence-electron chi connectivity index (χ3n) is 3.39. The lowest BCUT2D eigenvalue weighted by atomic mass is 10.2. The SMILES string of the molecule is CCOc1ccc(C(=O)NC(=S)Nc2ccc([N+](=O)[O-])cc2C)cc1Br. The molecule has 0 aliphatic rings. The highest BCUT2D eigenvalue weighted by Gasteiger charge is 2.13. The molecule has 9 heteroatoms. The van der Waals surface area contributed by atoms with Crippen molar-refractivity contribution in [3.63, 3.8) is 0 Å². The number of rotatable bonds is 5. The Kier molecular flexibility index (Phi) is 6.64. The normalized spacial score (nSPS) is 10.1. The van der Waals surface area contributed by atoms with Gasteiger partial charge in [-0.3, -0.25) is 20.2 Å². The summed E-state index contributed by atoms with van der Waals surface area (Å²) in [7, 11) is 0. The van der Waals surface area contributed by atoms with Gasteiger partial charge in [0.2, 0.25) is 0 Å². The maximum absolute atomic E-state index is 12.3. The highest BCUT2D eigenvalue weighted by atomic mass is 79.9. The van der Waals surface area contributed by atoms with E-state index in [1.54, 1.807) is 31.2 Å². The third-order valence-corrected chi connectivity index (χ3v) is 4.21. The number of nitrogens with one attached hydrogen (secondary N) is 2. The lowest BCUT2D eigenvalue weighted by Gasteiger charge is -2.12. The van der Waals surface area contributed by atoms with Crippen LogP contribution in [0.15, 0.2) is 40.9 Å². The fourth-order valence-corrected chi connectivity index (χ4v) is 2.84. The van der Waals surface area contributed by atoms with E-state index in [-0.39, 0.29) is 16.7 Å². The number of hydrogen-bond acceptors (Lipinski definition) is 5. The van der Waals surface area contributed by atoms with Gasteiger partial charge in [-0.05, 0) is 71.8 Å². The summed E-state index contributed by atoms with van der Waals surface area (Å²) in [5.74, 6) is 0.261. The smallest absolute Gasteiger partial charge is 0.269 e. The number of nitro groups is 1. The molecular formula is C17H16BrN3O4S. The van der Waals surface area contributed by atoms with E-state index in [0.717, 1.165) is 0 Å². The van der Waals surface area contributed by atoms with Crippen molar-refractivity contribution < 1.29 is 14.5 Å². The molecule has 0 heterocycles. The van der Waals surface area contributed by atoms with Crippen LogP contribution in [0.5, 0.6) is 5.75 Å². The fourth-order valence-electron chi connectivity index (χ4n) is 2.15. The van der Waals surface area contributed by atoms with Gasteiger partial charge in [-0.15, -0.1) is 0 Å². The lowest BCUT2D eigenvalue weighted by molar-refractivity contribution is -0.384. The first-order valence-corrected chi connectivity index (χ1v) is 8.81. The largest absolute Gasteiger partial charge is 0.493 e. The molecule has 2 rings (SSSR count). The zero-order valence-electron chi connectivity index (χ0n) is 14.0. The van der Waals surface area contributed by atoms with Gasteiger partial charge in [0, 0.05) is 23.4 Å². The highest BCUT2D eigenvalue weighted by Crippen LogP contribution is 2.26. The van der Waals surface area contributed by atoms with E-state index < -0.39 is 4.92 Å². The van der Waals surface area contributed by atoms with Crippen molar-refractivity contribution >= 4 is 50.5 Å². The molecule has 0 aromatic heterocycles. The van der Waals surface area contributed by atoms with E-state index in [9.17, 15) is 14.9 Å². The molecule has 0 spiro atoms. The first-order valence-electron chi connectivity index (χ1n) is 7.61. The summed E-state index contributed by atoms with van der Waals surface area (Å²) in [4.78, 5) is 22.6. The van der Waals surface area contributed by atoms with Crippen LogP contribution < -0.4 is 15.4 Å². The molecule has 0 saturated carbocycles. The minimum atomic E-state index is -0.472. The van der Waals surface area contributed by atoms with Crippen LogP contribution in [0.4, 0.5) is 11.4 Å². The number of carbonyl (C=O) groups excluding carboxylic acids is 1. The van der Waals surface area contributed by atoms with Gasteiger partial charge in [-0.25, -0.2) is 0 Å². The second-order valence-electron chi connectivity index (χ2n) is 5.24. The molecular weight excluding hydrogens is 422 g/mol. The highest BCUT2D eigenvalue weighted by molar-refractivity contribution is 9.10. The van der Waals surface area contributed by atoms with Gasteiger partial charge in [0.1, 0.15) is 5.75 Å². The molecule has 136 valence electrons. The monoisotopic (exact) mass is 437 g/mol. The van der Waals surface area contributed by atoms with Crippen LogP contribution in [0.1, 0.15) is 22.8 Å². The van der Waals surface area contributed by atoms with Gasteiger partial charge in [0.25, 0.3) is 11.6 Å². The number of non-ortho nitro benzene ring substituents is 1. The first kappa shape index (κ1) is 19.8. The van der Waals surface area contributed by atoms with E-state index in [1.807, 2.05) is 6.92 Å². The summed E-state index contributed by atoms with van der Waals surface area (Å²) in [6, 6.07) is 9.30. The van der Waals surface area contributed by atoms with Crippen molar-refractivity contribution in [2.45, 2.75) is 13.8 Å². The van der Waals surface area contributed by atoms with Crippen molar-refractivity contribution in [2.24, 2.45) is 0 Å². The molecule has 1 amide bonds. The van der Waals surface area contributed by atoms with E-state index >= 15 is 0 Å². The van der Waals surface area contributed by atoms with Gasteiger partial charge in [-0.1, -0.05) is 0 Å². The topological polar surface area (TPSA) is 93.5 Å². The molecule has 0 aliphatic heterocycles. The Morgan fingerprint density at radius 1 is 1.31 bits per heavy atom. The molecule has 0 fully saturated rings. The number of nitrogens with zero attached hydrogens (tertiary/aromatic N) is 1. The molecule has 0 bridgehead atoms. The maximum atomic E-state index is 12.3. The predicted octanol–water partition coefficient (Wildman–Crippen LogP) is 4.19. The van der Waals surface area contributed by atoms with Crippen LogP contribution in [-0.2, 0) is 0 Å². The fraction of sp³-hybridized carbons (Fsp3) is 0.176. The number of ether oxygens (including phenoxy) is 1. The summed E-state index contributed by atoms with van der Waals surface area (Å²) in [6.45, 7) is 4.10. The number of carbonyl (C=O) groups is 1. The quantitative estimate of drug-likeness (QED) is 0.413. The van der Waals surface area contributed by atoms with Gasteiger partial charge in [-0.2, -0.15) is 0 Å². The van der Waals surface area contributed by atoms with Gasteiger partial charge in [0.15, 0.2) is 5.11 Å². The third kappa shape index (κ3) is 4.99. The van der Waals surface area contributed by atoms with Gasteiger partial charge in [0.05, 0.1) is 16.0 Å². The molecule has 2 N–H and O–H groups in total. The lowest BCUT2D eigenvalue weighted by Crippen LogP contribution is -2.34. The average Bonchev–Trinajstić information content (AvgIpc) is 2.58.